The molecule has 0 radical (unpaired) electrons. The predicted octanol–water partition coefficient (Wildman–Crippen LogP) is 2.91. The monoisotopic (exact) mass is 276 g/mol. The fourth-order valence-electron chi connectivity index (χ4n) is 2.00. The zero-order chi connectivity index (χ0) is 13.7. The minimum Gasteiger partial charge on any atom is -0.392 e. The molecule has 0 atom stereocenters. The maximum absolute atomic E-state index is 9.38. The molecule has 100 valence electrons. The largest absolute Gasteiger partial charge is 0.392 e. The van der Waals surface area contributed by atoms with Crippen molar-refractivity contribution in [3.8, 4) is 0 Å². The second-order valence-electron chi connectivity index (χ2n) is 4.42. The van der Waals surface area contributed by atoms with E-state index < -0.39 is 0 Å². The Labute approximate surface area is 118 Å². The SMILES string of the molecule is CN(CCc1ccccn1)c1ccc(Cl)cc1CO. The number of benzene rings is 1. The number of aromatic nitrogens is 1. The highest BCUT2D eigenvalue weighted by Crippen LogP contribution is 2.23. The number of halogens is 1. The normalized spacial score (nSPS) is 10.5. The highest BCUT2D eigenvalue weighted by Gasteiger charge is 2.08. The fourth-order valence-corrected chi connectivity index (χ4v) is 2.20. The van der Waals surface area contributed by atoms with Crippen LogP contribution in [0.15, 0.2) is 42.6 Å². The lowest BCUT2D eigenvalue weighted by Gasteiger charge is -2.22. The zero-order valence-corrected chi connectivity index (χ0v) is 11.6. The van der Waals surface area contributed by atoms with Crippen LogP contribution in [0, 0.1) is 0 Å². The lowest BCUT2D eigenvalue weighted by molar-refractivity contribution is 0.282. The van der Waals surface area contributed by atoms with Gasteiger partial charge in [0.05, 0.1) is 6.61 Å². The standard InChI is InChI=1S/C15H17ClN2O/c1-18(9-7-14-4-2-3-8-17-14)15-6-5-13(16)10-12(15)11-19/h2-6,8,10,19H,7,9,11H2,1H3. The van der Waals surface area contributed by atoms with Crippen molar-refractivity contribution in [1.29, 1.82) is 0 Å². The molecule has 0 fully saturated rings. The molecule has 4 heteroatoms. The highest BCUT2D eigenvalue weighted by atomic mass is 35.5. The summed E-state index contributed by atoms with van der Waals surface area (Å²) in [7, 11) is 2.01. The van der Waals surface area contributed by atoms with Crippen molar-refractivity contribution < 1.29 is 5.11 Å². The van der Waals surface area contributed by atoms with Crippen LogP contribution in [0.25, 0.3) is 0 Å². The van der Waals surface area contributed by atoms with Crippen LogP contribution in [-0.2, 0) is 13.0 Å². The maximum atomic E-state index is 9.38. The van der Waals surface area contributed by atoms with E-state index in [9.17, 15) is 5.11 Å². The minimum absolute atomic E-state index is 0.0101. The van der Waals surface area contributed by atoms with Crippen LogP contribution in [0.3, 0.4) is 0 Å². The van der Waals surface area contributed by atoms with E-state index in [1.165, 1.54) is 0 Å². The molecule has 2 aromatic rings. The summed E-state index contributed by atoms with van der Waals surface area (Å²) < 4.78 is 0. The van der Waals surface area contributed by atoms with Crippen molar-refractivity contribution in [3.63, 3.8) is 0 Å². The van der Waals surface area contributed by atoms with Crippen molar-refractivity contribution >= 4 is 17.3 Å². The van der Waals surface area contributed by atoms with E-state index in [0.29, 0.717) is 5.02 Å². The molecule has 3 nitrogen and oxygen atoms in total. The number of aliphatic hydroxyl groups is 1. The molecule has 0 aliphatic heterocycles. The fraction of sp³-hybridized carbons (Fsp3) is 0.267. The molecule has 0 unspecified atom stereocenters. The van der Waals surface area contributed by atoms with Crippen LogP contribution in [0.5, 0.6) is 0 Å². The molecule has 1 heterocycles. The van der Waals surface area contributed by atoms with Gasteiger partial charge in [-0.25, -0.2) is 0 Å². The summed E-state index contributed by atoms with van der Waals surface area (Å²) in [5.41, 5.74) is 2.91. The average molecular weight is 277 g/mol. The van der Waals surface area contributed by atoms with Gasteiger partial charge in [0.2, 0.25) is 0 Å². The van der Waals surface area contributed by atoms with Crippen LogP contribution in [0.2, 0.25) is 5.02 Å². The van der Waals surface area contributed by atoms with Crippen molar-refractivity contribution in [3.05, 3.63) is 58.9 Å². The van der Waals surface area contributed by atoms with Gasteiger partial charge >= 0.3 is 0 Å². The number of aliphatic hydroxyl groups excluding tert-OH is 1. The van der Waals surface area contributed by atoms with Crippen molar-refractivity contribution in [2.24, 2.45) is 0 Å². The molecule has 2 rings (SSSR count). The lowest BCUT2D eigenvalue weighted by atomic mass is 10.1. The molecule has 19 heavy (non-hydrogen) atoms. The number of likely N-dealkylation sites (N-methyl/N-ethyl adjacent to an activating group) is 1. The summed E-state index contributed by atoms with van der Waals surface area (Å²) in [4.78, 5) is 6.41. The summed E-state index contributed by atoms with van der Waals surface area (Å²) in [6.07, 6.45) is 2.67. The van der Waals surface area contributed by atoms with Crippen LogP contribution >= 0.6 is 11.6 Å². The Morgan fingerprint density at radius 1 is 1.26 bits per heavy atom. The van der Waals surface area contributed by atoms with E-state index >= 15 is 0 Å². The van der Waals surface area contributed by atoms with Gasteiger partial charge in [0.25, 0.3) is 0 Å². The molecule has 0 amide bonds. The quantitative estimate of drug-likeness (QED) is 0.912. The number of pyridine rings is 1. The molecule has 0 aliphatic carbocycles. The van der Waals surface area contributed by atoms with Gasteiger partial charge < -0.3 is 10.0 Å². The second-order valence-corrected chi connectivity index (χ2v) is 4.86. The van der Waals surface area contributed by atoms with E-state index in [1.807, 2.05) is 37.4 Å². The molecule has 0 saturated carbocycles. The summed E-state index contributed by atoms with van der Waals surface area (Å²) in [6, 6.07) is 11.5. The van der Waals surface area contributed by atoms with Crippen LogP contribution in [-0.4, -0.2) is 23.7 Å². The van der Waals surface area contributed by atoms with Gasteiger partial charge in [-0.2, -0.15) is 0 Å². The minimum atomic E-state index is -0.0101. The van der Waals surface area contributed by atoms with Gasteiger partial charge in [-0.3, -0.25) is 4.98 Å². The third kappa shape index (κ3) is 3.69. The molecule has 0 bridgehead atoms. The van der Waals surface area contributed by atoms with E-state index in [1.54, 1.807) is 12.3 Å². The topological polar surface area (TPSA) is 36.4 Å². The molecule has 1 N–H and O–H groups in total. The Hall–Kier alpha value is -1.58. The van der Waals surface area contributed by atoms with Crippen LogP contribution in [0.4, 0.5) is 5.69 Å². The van der Waals surface area contributed by atoms with Gasteiger partial charge in [0, 0.05) is 48.2 Å². The Balaban J connectivity index is 2.05. The van der Waals surface area contributed by atoms with Gasteiger partial charge in [-0.05, 0) is 30.3 Å². The predicted molar refractivity (Wildman–Crippen MR) is 78.6 cm³/mol. The zero-order valence-electron chi connectivity index (χ0n) is 10.9. The van der Waals surface area contributed by atoms with Crippen LogP contribution < -0.4 is 4.90 Å². The number of hydrogen-bond donors (Lipinski definition) is 1. The molecule has 0 saturated heterocycles. The molecule has 1 aromatic heterocycles. The first-order chi connectivity index (χ1) is 9.20. The summed E-state index contributed by atoms with van der Waals surface area (Å²) in [5, 5.41) is 10.0. The summed E-state index contributed by atoms with van der Waals surface area (Å²) in [5.74, 6) is 0. The third-order valence-corrected chi connectivity index (χ3v) is 3.29. The summed E-state index contributed by atoms with van der Waals surface area (Å²) >= 11 is 5.93. The molecule has 0 spiro atoms. The third-order valence-electron chi connectivity index (χ3n) is 3.05. The van der Waals surface area contributed by atoms with Crippen molar-refractivity contribution in [2.75, 3.05) is 18.5 Å². The molecular formula is C15H17ClN2O. The van der Waals surface area contributed by atoms with Gasteiger partial charge in [-0.15, -0.1) is 0 Å². The average Bonchev–Trinajstić information content (AvgIpc) is 2.45. The first-order valence-electron chi connectivity index (χ1n) is 6.21. The first kappa shape index (κ1) is 13.8. The number of nitrogens with zero attached hydrogens (tertiary/aromatic N) is 2. The number of anilines is 1. The van der Waals surface area contributed by atoms with E-state index in [-0.39, 0.29) is 6.61 Å². The molecule has 1 aromatic carbocycles. The molecule has 0 aliphatic rings. The van der Waals surface area contributed by atoms with E-state index in [4.69, 9.17) is 11.6 Å². The summed E-state index contributed by atoms with van der Waals surface area (Å²) in [6.45, 7) is 0.829. The van der Waals surface area contributed by atoms with E-state index in [0.717, 1.165) is 29.9 Å². The smallest absolute Gasteiger partial charge is 0.0702 e. The van der Waals surface area contributed by atoms with Crippen molar-refractivity contribution in [2.45, 2.75) is 13.0 Å². The Kier molecular flexibility index (Phi) is 4.77. The Morgan fingerprint density at radius 3 is 2.79 bits per heavy atom. The van der Waals surface area contributed by atoms with Crippen LogP contribution in [0.1, 0.15) is 11.3 Å². The maximum Gasteiger partial charge on any atom is 0.0702 e. The number of rotatable bonds is 5. The Bertz CT molecular complexity index is 531. The first-order valence-corrected chi connectivity index (χ1v) is 6.59. The van der Waals surface area contributed by atoms with Gasteiger partial charge in [0.15, 0.2) is 0 Å². The van der Waals surface area contributed by atoms with Gasteiger partial charge in [0.1, 0.15) is 0 Å². The number of hydrogen-bond acceptors (Lipinski definition) is 3. The molecular weight excluding hydrogens is 260 g/mol. The van der Waals surface area contributed by atoms with Crippen molar-refractivity contribution in [1.82, 2.24) is 4.98 Å². The second kappa shape index (κ2) is 6.55. The lowest BCUT2D eigenvalue weighted by Crippen LogP contribution is -2.22. The van der Waals surface area contributed by atoms with Gasteiger partial charge in [-0.1, -0.05) is 17.7 Å². The van der Waals surface area contributed by atoms with E-state index in [2.05, 4.69) is 9.88 Å². The Morgan fingerprint density at radius 2 is 2.11 bits per heavy atom. The highest BCUT2D eigenvalue weighted by molar-refractivity contribution is 6.30.